The van der Waals surface area contributed by atoms with Crippen molar-refractivity contribution >= 4 is 11.0 Å². The molecule has 1 N–H and O–H groups in total. The van der Waals surface area contributed by atoms with Gasteiger partial charge in [-0.15, -0.1) is 0 Å². The molecule has 0 fully saturated rings. The quantitative estimate of drug-likeness (QED) is 0.820. The number of fused-ring (bicyclic) bond motifs is 2. The minimum atomic E-state index is 0.298. The van der Waals surface area contributed by atoms with Crippen molar-refractivity contribution in [3.63, 3.8) is 0 Å². The maximum atomic E-state index is 6.07. The number of rotatable bonds is 6. The molecule has 1 aliphatic heterocycles. The van der Waals surface area contributed by atoms with Crippen LogP contribution in [0.3, 0.4) is 0 Å². The standard InChI is InChI=1S/C17H23NO3/c1-4-5-18-9-17-12(6-11(2)3)13-7-15-16(20-10-19-15)8-14(13)21-17/h7-8,11,18H,4-6,9-10H2,1-3H3. The van der Waals surface area contributed by atoms with E-state index >= 15 is 0 Å². The predicted octanol–water partition coefficient (Wildman–Crippen LogP) is 3.86. The van der Waals surface area contributed by atoms with Gasteiger partial charge in [0.05, 0.1) is 6.54 Å². The molecule has 3 rings (SSSR count). The van der Waals surface area contributed by atoms with Crippen LogP contribution in [0.4, 0.5) is 0 Å². The Kier molecular flexibility index (Phi) is 4.06. The summed E-state index contributed by atoms with van der Waals surface area (Å²) in [5.74, 6) is 3.22. The van der Waals surface area contributed by atoms with E-state index in [1.807, 2.05) is 6.07 Å². The number of ether oxygens (including phenoxy) is 2. The third-order valence-electron chi connectivity index (χ3n) is 3.69. The number of hydrogen-bond acceptors (Lipinski definition) is 4. The van der Waals surface area contributed by atoms with Gasteiger partial charge in [-0.05, 0) is 31.4 Å². The van der Waals surface area contributed by atoms with Crippen molar-refractivity contribution in [3.05, 3.63) is 23.5 Å². The molecule has 2 aromatic rings. The van der Waals surface area contributed by atoms with Crippen LogP contribution >= 0.6 is 0 Å². The van der Waals surface area contributed by atoms with Gasteiger partial charge in [-0.2, -0.15) is 0 Å². The van der Waals surface area contributed by atoms with E-state index in [4.69, 9.17) is 13.9 Å². The van der Waals surface area contributed by atoms with Crippen LogP contribution < -0.4 is 14.8 Å². The minimum Gasteiger partial charge on any atom is -0.459 e. The molecule has 4 nitrogen and oxygen atoms in total. The van der Waals surface area contributed by atoms with E-state index in [0.717, 1.165) is 54.2 Å². The summed E-state index contributed by atoms with van der Waals surface area (Å²) in [5.41, 5.74) is 2.19. The van der Waals surface area contributed by atoms with E-state index in [0.29, 0.717) is 12.7 Å². The van der Waals surface area contributed by atoms with Gasteiger partial charge in [0.2, 0.25) is 6.79 Å². The van der Waals surface area contributed by atoms with Crippen molar-refractivity contribution in [1.29, 1.82) is 0 Å². The van der Waals surface area contributed by atoms with Crippen LogP contribution in [-0.4, -0.2) is 13.3 Å². The van der Waals surface area contributed by atoms with Crippen molar-refractivity contribution in [3.8, 4) is 11.5 Å². The first-order valence-corrected chi connectivity index (χ1v) is 7.73. The maximum Gasteiger partial charge on any atom is 0.231 e. The molecule has 0 amide bonds. The van der Waals surface area contributed by atoms with E-state index in [-0.39, 0.29) is 0 Å². The molecule has 2 heterocycles. The lowest BCUT2D eigenvalue weighted by atomic mass is 9.99. The monoisotopic (exact) mass is 289 g/mol. The molecule has 114 valence electrons. The van der Waals surface area contributed by atoms with Crippen LogP contribution in [0.5, 0.6) is 11.5 Å². The highest BCUT2D eigenvalue weighted by Gasteiger charge is 2.21. The summed E-state index contributed by atoms with van der Waals surface area (Å²) in [5, 5.41) is 4.58. The van der Waals surface area contributed by atoms with Crippen LogP contribution in [0, 0.1) is 5.92 Å². The van der Waals surface area contributed by atoms with Gasteiger partial charge in [-0.3, -0.25) is 0 Å². The highest BCUT2D eigenvalue weighted by Crippen LogP contribution is 2.39. The highest BCUT2D eigenvalue weighted by atomic mass is 16.7. The Labute approximate surface area is 125 Å². The zero-order valence-corrected chi connectivity index (χ0v) is 13.0. The largest absolute Gasteiger partial charge is 0.459 e. The summed E-state index contributed by atoms with van der Waals surface area (Å²) in [6.07, 6.45) is 2.13. The number of nitrogens with one attached hydrogen (secondary N) is 1. The molecule has 1 aromatic carbocycles. The molecule has 1 aliphatic rings. The van der Waals surface area contributed by atoms with Crippen molar-refractivity contribution < 1.29 is 13.9 Å². The molecule has 0 atom stereocenters. The number of hydrogen-bond donors (Lipinski definition) is 1. The fourth-order valence-electron chi connectivity index (χ4n) is 2.74. The molecular weight excluding hydrogens is 266 g/mol. The Balaban J connectivity index is 2.00. The van der Waals surface area contributed by atoms with Crippen LogP contribution in [0.2, 0.25) is 0 Å². The number of furan rings is 1. The molecule has 0 aliphatic carbocycles. The minimum absolute atomic E-state index is 0.298. The summed E-state index contributed by atoms with van der Waals surface area (Å²) in [4.78, 5) is 0. The topological polar surface area (TPSA) is 43.6 Å². The molecule has 0 bridgehead atoms. The van der Waals surface area contributed by atoms with Crippen LogP contribution in [0.15, 0.2) is 16.5 Å². The lowest BCUT2D eigenvalue weighted by molar-refractivity contribution is 0.174. The van der Waals surface area contributed by atoms with Crippen LogP contribution in [0.1, 0.15) is 38.5 Å². The average Bonchev–Trinajstić information content (AvgIpc) is 3.01. The van der Waals surface area contributed by atoms with Gasteiger partial charge in [0, 0.05) is 17.0 Å². The Morgan fingerprint density at radius 2 is 1.95 bits per heavy atom. The summed E-state index contributed by atoms with van der Waals surface area (Å²) in [7, 11) is 0. The van der Waals surface area contributed by atoms with Crippen LogP contribution in [0.25, 0.3) is 11.0 Å². The molecule has 0 radical (unpaired) electrons. The Morgan fingerprint density at radius 1 is 1.19 bits per heavy atom. The third-order valence-corrected chi connectivity index (χ3v) is 3.69. The Morgan fingerprint density at radius 3 is 2.67 bits per heavy atom. The molecule has 0 saturated carbocycles. The van der Waals surface area contributed by atoms with E-state index in [1.165, 1.54) is 5.56 Å². The van der Waals surface area contributed by atoms with Gasteiger partial charge < -0.3 is 19.2 Å². The molecule has 1 aromatic heterocycles. The fourth-order valence-corrected chi connectivity index (χ4v) is 2.74. The van der Waals surface area contributed by atoms with Gasteiger partial charge in [0.25, 0.3) is 0 Å². The first-order valence-electron chi connectivity index (χ1n) is 7.73. The zero-order valence-electron chi connectivity index (χ0n) is 13.0. The third kappa shape index (κ3) is 2.86. The Bertz CT molecular complexity index is 630. The fraction of sp³-hybridized carbons (Fsp3) is 0.529. The van der Waals surface area contributed by atoms with Gasteiger partial charge in [0.1, 0.15) is 11.3 Å². The summed E-state index contributed by atoms with van der Waals surface area (Å²) >= 11 is 0. The van der Waals surface area contributed by atoms with E-state index in [2.05, 4.69) is 32.2 Å². The van der Waals surface area contributed by atoms with Gasteiger partial charge in [-0.25, -0.2) is 0 Å². The van der Waals surface area contributed by atoms with E-state index < -0.39 is 0 Å². The van der Waals surface area contributed by atoms with Gasteiger partial charge in [0.15, 0.2) is 11.5 Å². The first kappa shape index (κ1) is 14.3. The molecule has 0 spiro atoms. The second kappa shape index (κ2) is 5.98. The first-order chi connectivity index (χ1) is 10.2. The summed E-state index contributed by atoms with van der Waals surface area (Å²) in [6.45, 7) is 8.70. The maximum absolute atomic E-state index is 6.07. The van der Waals surface area contributed by atoms with Gasteiger partial charge >= 0.3 is 0 Å². The molecule has 4 heteroatoms. The molecule has 0 unspecified atom stereocenters. The van der Waals surface area contributed by atoms with Crippen LogP contribution in [-0.2, 0) is 13.0 Å². The second-order valence-electron chi connectivity index (χ2n) is 5.98. The molecule has 21 heavy (non-hydrogen) atoms. The van der Waals surface area contributed by atoms with E-state index in [9.17, 15) is 0 Å². The molecule has 0 saturated heterocycles. The van der Waals surface area contributed by atoms with Crippen molar-refractivity contribution in [2.75, 3.05) is 13.3 Å². The normalized spacial score (nSPS) is 13.5. The highest BCUT2D eigenvalue weighted by molar-refractivity contribution is 5.86. The van der Waals surface area contributed by atoms with E-state index in [1.54, 1.807) is 0 Å². The van der Waals surface area contributed by atoms with Crippen molar-refractivity contribution in [2.45, 2.75) is 40.2 Å². The SMILES string of the molecule is CCCNCc1oc2cc3c(cc2c1CC(C)C)OCO3. The zero-order chi connectivity index (χ0) is 14.8. The molecular formula is C17H23NO3. The predicted molar refractivity (Wildman–Crippen MR) is 82.9 cm³/mol. The summed E-state index contributed by atoms with van der Waals surface area (Å²) in [6, 6.07) is 4.01. The Hall–Kier alpha value is -1.68. The second-order valence-corrected chi connectivity index (χ2v) is 5.98. The lowest BCUT2D eigenvalue weighted by Crippen LogP contribution is -2.14. The lowest BCUT2D eigenvalue weighted by Gasteiger charge is -2.07. The van der Waals surface area contributed by atoms with Crippen molar-refractivity contribution in [1.82, 2.24) is 5.32 Å². The van der Waals surface area contributed by atoms with Gasteiger partial charge in [-0.1, -0.05) is 20.8 Å². The van der Waals surface area contributed by atoms with Crippen molar-refractivity contribution in [2.24, 2.45) is 5.92 Å². The smallest absolute Gasteiger partial charge is 0.231 e. The number of benzene rings is 1. The average molecular weight is 289 g/mol. The summed E-state index contributed by atoms with van der Waals surface area (Å²) < 4.78 is 17.0.